The largest absolute Gasteiger partial charge is 0.360 e. The van der Waals surface area contributed by atoms with Crippen LogP contribution in [0.2, 0.25) is 0 Å². The molecule has 0 aliphatic carbocycles. The summed E-state index contributed by atoms with van der Waals surface area (Å²) < 4.78 is 4.86. The lowest BCUT2D eigenvalue weighted by Gasteiger charge is -2.26. The molecule has 2 amide bonds. The summed E-state index contributed by atoms with van der Waals surface area (Å²) in [6.07, 6.45) is 0. The van der Waals surface area contributed by atoms with Crippen molar-refractivity contribution in [1.82, 2.24) is 10.1 Å². The van der Waals surface area contributed by atoms with E-state index >= 15 is 0 Å². The molecule has 1 aromatic heterocycles. The molecule has 0 aliphatic heterocycles. The molecule has 0 atom stereocenters. The molecule has 0 saturated carbocycles. The minimum atomic E-state index is -0.724. The molecule has 0 radical (unpaired) electrons. The number of anilines is 1. The fraction of sp³-hybridized carbons (Fsp3) is 0.312. The normalized spacial score (nSPS) is 10.5. The van der Waals surface area contributed by atoms with Gasteiger partial charge in [-0.05, 0) is 26.3 Å². The Balaban J connectivity index is 2.07. The molecule has 6 heteroatoms. The Bertz CT molecular complexity index is 650. The fourth-order valence-corrected chi connectivity index (χ4v) is 1.99. The zero-order chi connectivity index (χ0) is 16.1. The van der Waals surface area contributed by atoms with Crippen molar-refractivity contribution in [2.24, 2.45) is 0 Å². The predicted molar refractivity (Wildman–Crippen MR) is 82.0 cm³/mol. The smallest absolute Gasteiger partial charge is 0.315 e. The molecule has 1 N–H and O–H groups in total. The standard InChI is InChI=1S/C16H19N3O3/c1-11(2)19(10-13-7-5-4-6-8-13)16(21)15(20)17-14-9-12(3)22-18-14/h4-9,11H,10H2,1-3H3,(H,17,18,20). The van der Waals surface area contributed by atoms with Gasteiger partial charge in [-0.3, -0.25) is 14.9 Å². The molecule has 0 unspecified atom stereocenters. The zero-order valence-corrected chi connectivity index (χ0v) is 12.9. The highest BCUT2D eigenvalue weighted by atomic mass is 16.5. The third kappa shape index (κ3) is 3.94. The number of aryl methyl sites for hydroxylation is 1. The van der Waals surface area contributed by atoms with Crippen molar-refractivity contribution in [1.29, 1.82) is 0 Å². The van der Waals surface area contributed by atoms with Gasteiger partial charge in [-0.25, -0.2) is 0 Å². The minimum Gasteiger partial charge on any atom is -0.360 e. The molecule has 0 fully saturated rings. The third-order valence-corrected chi connectivity index (χ3v) is 3.14. The van der Waals surface area contributed by atoms with Gasteiger partial charge in [0.15, 0.2) is 5.82 Å². The van der Waals surface area contributed by atoms with E-state index < -0.39 is 11.8 Å². The van der Waals surface area contributed by atoms with E-state index in [1.807, 2.05) is 44.2 Å². The zero-order valence-electron chi connectivity index (χ0n) is 12.9. The number of benzene rings is 1. The average Bonchev–Trinajstić information content (AvgIpc) is 2.90. The molecule has 6 nitrogen and oxygen atoms in total. The lowest BCUT2D eigenvalue weighted by molar-refractivity contribution is -0.144. The van der Waals surface area contributed by atoms with E-state index in [4.69, 9.17) is 4.52 Å². The van der Waals surface area contributed by atoms with Gasteiger partial charge in [0.25, 0.3) is 0 Å². The molecule has 0 spiro atoms. The van der Waals surface area contributed by atoms with Crippen LogP contribution in [0.3, 0.4) is 0 Å². The summed E-state index contributed by atoms with van der Waals surface area (Å²) in [6.45, 7) is 5.83. The topological polar surface area (TPSA) is 75.4 Å². The van der Waals surface area contributed by atoms with E-state index in [0.29, 0.717) is 12.3 Å². The van der Waals surface area contributed by atoms with Crippen molar-refractivity contribution in [2.75, 3.05) is 5.32 Å². The molecule has 1 heterocycles. The van der Waals surface area contributed by atoms with Gasteiger partial charge < -0.3 is 9.42 Å². The molecule has 1 aromatic carbocycles. The summed E-state index contributed by atoms with van der Waals surface area (Å²) >= 11 is 0. The van der Waals surface area contributed by atoms with Gasteiger partial charge in [-0.1, -0.05) is 35.5 Å². The second-order valence-electron chi connectivity index (χ2n) is 5.29. The van der Waals surface area contributed by atoms with Gasteiger partial charge >= 0.3 is 11.8 Å². The number of carbonyl (C=O) groups excluding carboxylic acids is 2. The summed E-state index contributed by atoms with van der Waals surface area (Å²) in [6, 6.07) is 11.0. The van der Waals surface area contributed by atoms with Gasteiger partial charge in [-0.2, -0.15) is 0 Å². The van der Waals surface area contributed by atoms with Crippen LogP contribution in [0.4, 0.5) is 5.82 Å². The van der Waals surface area contributed by atoms with E-state index in [1.165, 1.54) is 4.90 Å². The van der Waals surface area contributed by atoms with Crippen LogP contribution >= 0.6 is 0 Å². The average molecular weight is 301 g/mol. The SMILES string of the molecule is Cc1cc(NC(=O)C(=O)N(Cc2ccccc2)C(C)C)no1. The quantitative estimate of drug-likeness (QED) is 0.880. The predicted octanol–water partition coefficient (Wildman–Crippen LogP) is 2.36. The first-order valence-corrected chi connectivity index (χ1v) is 7.06. The van der Waals surface area contributed by atoms with E-state index in [1.54, 1.807) is 13.0 Å². The molecule has 0 saturated heterocycles. The van der Waals surface area contributed by atoms with E-state index in [9.17, 15) is 9.59 Å². The molecular weight excluding hydrogens is 282 g/mol. The first kappa shape index (κ1) is 15.8. The van der Waals surface area contributed by atoms with Gasteiger partial charge in [0.05, 0.1) is 0 Å². The van der Waals surface area contributed by atoms with Crippen LogP contribution in [0.5, 0.6) is 0 Å². The Morgan fingerprint density at radius 3 is 2.50 bits per heavy atom. The number of hydrogen-bond acceptors (Lipinski definition) is 4. The minimum absolute atomic E-state index is 0.0995. The maximum absolute atomic E-state index is 12.4. The highest BCUT2D eigenvalue weighted by molar-refractivity contribution is 6.39. The second kappa shape index (κ2) is 6.89. The number of hydrogen-bond donors (Lipinski definition) is 1. The lowest BCUT2D eigenvalue weighted by Crippen LogP contribution is -2.43. The van der Waals surface area contributed by atoms with Crippen molar-refractivity contribution >= 4 is 17.6 Å². The molecule has 0 aliphatic rings. The van der Waals surface area contributed by atoms with Gasteiger partial charge in [0.1, 0.15) is 5.76 Å². The van der Waals surface area contributed by atoms with Crippen LogP contribution in [-0.4, -0.2) is 27.9 Å². The molecule has 2 aromatic rings. The Kier molecular flexibility index (Phi) is 4.93. The first-order chi connectivity index (χ1) is 10.5. The highest BCUT2D eigenvalue weighted by Crippen LogP contribution is 2.11. The first-order valence-electron chi connectivity index (χ1n) is 7.06. The van der Waals surface area contributed by atoms with Crippen LogP contribution in [0.25, 0.3) is 0 Å². The van der Waals surface area contributed by atoms with Crippen LogP contribution in [0, 0.1) is 6.92 Å². The molecule has 22 heavy (non-hydrogen) atoms. The van der Waals surface area contributed by atoms with Crippen LogP contribution < -0.4 is 5.32 Å². The van der Waals surface area contributed by atoms with Crippen molar-refractivity contribution in [3.8, 4) is 0 Å². The van der Waals surface area contributed by atoms with Crippen LogP contribution in [0.1, 0.15) is 25.2 Å². The van der Waals surface area contributed by atoms with Crippen molar-refractivity contribution in [2.45, 2.75) is 33.4 Å². The monoisotopic (exact) mass is 301 g/mol. The number of carbonyl (C=O) groups is 2. The lowest BCUT2D eigenvalue weighted by atomic mass is 10.2. The molecule has 2 rings (SSSR count). The highest BCUT2D eigenvalue weighted by Gasteiger charge is 2.25. The van der Waals surface area contributed by atoms with Gasteiger partial charge in [0, 0.05) is 18.7 Å². The third-order valence-electron chi connectivity index (χ3n) is 3.14. The second-order valence-corrected chi connectivity index (χ2v) is 5.29. The maximum atomic E-state index is 12.4. The summed E-state index contributed by atoms with van der Waals surface area (Å²) in [5.74, 6) is -0.524. The van der Waals surface area contributed by atoms with Crippen molar-refractivity contribution < 1.29 is 14.1 Å². The fourth-order valence-electron chi connectivity index (χ4n) is 1.99. The van der Waals surface area contributed by atoms with E-state index in [0.717, 1.165) is 5.56 Å². The number of amides is 2. The Morgan fingerprint density at radius 1 is 1.27 bits per heavy atom. The molecule has 116 valence electrons. The number of aromatic nitrogens is 1. The Morgan fingerprint density at radius 2 is 1.95 bits per heavy atom. The van der Waals surface area contributed by atoms with Crippen LogP contribution in [-0.2, 0) is 16.1 Å². The Labute approximate surface area is 129 Å². The van der Waals surface area contributed by atoms with Gasteiger partial charge in [0.2, 0.25) is 0 Å². The summed E-state index contributed by atoms with van der Waals surface area (Å²) in [5, 5.41) is 6.10. The summed E-state index contributed by atoms with van der Waals surface area (Å²) in [7, 11) is 0. The summed E-state index contributed by atoms with van der Waals surface area (Å²) in [5.41, 5.74) is 0.967. The van der Waals surface area contributed by atoms with Crippen molar-refractivity contribution in [3.05, 3.63) is 47.7 Å². The number of rotatable bonds is 4. The summed E-state index contributed by atoms with van der Waals surface area (Å²) in [4.78, 5) is 25.9. The van der Waals surface area contributed by atoms with Crippen molar-refractivity contribution in [3.63, 3.8) is 0 Å². The van der Waals surface area contributed by atoms with Gasteiger partial charge in [-0.15, -0.1) is 0 Å². The molecular formula is C16H19N3O3. The van der Waals surface area contributed by atoms with E-state index in [2.05, 4.69) is 10.5 Å². The van der Waals surface area contributed by atoms with E-state index in [-0.39, 0.29) is 11.9 Å². The number of nitrogens with zero attached hydrogens (tertiary/aromatic N) is 2. The van der Waals surface area contributed by atoms with Crippen LogP contribution in [0.15, 0.2) is 40.9 Å². The number of nitrogens with one attached hydrogen (secondary N) is 1. The Hall–Kier alpha value is -2.63. The molecule has 0 bridgehead atoms. The maximum Gasteiger partial charge on any atom is 0.315 e.